The van der Waals surface area contributed by atoms with Crippen LogP contribution in [0, 0.1) is 13.8 Å². The van der Waals surface area contributed by atoms with Crippen LogP contribution in [-0.4, -0.2) is 21.3 Å². The van der Waals surface area contributed by atoms with Gasteiger partial charge in [-0.1, -0.05) is 18.5 Å². The molecule has 2 rings (SSSR count). The van der Waals surface area contributed by atoms with Crippen LogP contribution in [0.1, 0.15) is 24.0 Å². The van der Waals surface area contributed by atoms with Gasteiger partial charge in [0.2, 0.25) is 5.88 Å². The summed E-state index contributed by atoms with van der Waals surface area (Å²) in [6.07, 6.45) is 0. The molecule has 5 nitrogen and oxygen atoms in total. The summed E-state index contributed by atoms with van der Waals surface area (Å²) in [6.45, 7) is 7.40. The van der Waals surface area contributed by atoms with E-state index in [4.69, 9.17) is 16.3 Å². The summed E-state index contributed by atoms with van der Waals surface area (Å²) in [7, 11) is 1.89. The molecule has 20 heavy (non-hydrogen) atoms. The zero-order chi connectivity index (χ0) is 14.7. The molecule has 0 saturated heterocycles. The number of aromatic nitrogens is 3. The molecule has 0 aliphatic carbocycles. The molecule has 0 amide bonds. The van der Waals surface area contributed by atoms with Crippen molar-refractivity contribution in [2.24, 2.45) is 7.05 Å². The number of nitrogens with zero attached hydrogens (tertiary/aromatic N) is 3. The minimum atomic E-state index is 0.529. The molecule has 0 unspecified atom stereocenters. The van der Waals surface area contributed by atoms with Crippen LogP contribution in [0.25, 0.3) is 0 Å². The average Bonchev–Trinajstić information content (AvgIpc) is 2.66. The summed E-state index contributed by atoms with van der Waals surface area (Å²) in [6, 6.07) is 3.57. The molecule has 1 N–H and O–H groups in total. The Hall–Kier alpha value is -1.59. The molecule has 0 aromatic carbocycles. The van der Waals surface area contributed by atoms with Crippen molar-refractivity contribution in [2.45, 2.75) is 27.3 Å². The molecule has 0 fully saturated rings. The van der Waals surface area contributed by atoms with Crippen molar-refractivity contribution in [2.75, 3.05) is 6.54 Å². The van der Waals surface area contributed by atoms with E-state index in [2.05, 4.69) is 15.4 Å². The van der Waals surface area contributed by atoms with Crippen molar-refractivity contribution in [3.8, 4) is 11.6 Å². The summed E-state index contributed by atoms with van der Waals surface area (Å²) in [5.41, 5.74) is 2.59. The van der Waals surface area contributed by atoms with Crippen molar-refractivity contribution in [1.82, 2.24) is 20.1 Å². The molecule has 6 heteroatoms. The summed E-state index contributed by atoms with van der Waals surface area (Å²) in [4.78, 5) is 4.44. The summed E-state index contributed by atoms with van der Waals surface area (Å²) >= 11 is 6.13. The number of halogens is 1. The average molecular weight is 295 g/mol. The molecule has 2 aromatic heterocycles. The van der Waals surface area contributed by atoms with Crippen LogP contribution in [0.4, 0.5) is 0 Å². The first kappa shape index (κ1) is 14.8. The Kier molecular flexibility index (Phi) is 4.62. The molecule has 0 radical (unpaired) electrons. The van der Waals surface area contributed by atoms with Gasteiger partial charge in [-0.3, -0.25) is 4.68 Å². The third-order valence-electron chi connectivity index (χ3n) is 3.08. The van der Waals surface area contributed by atoms with Gasteiger partial charge in [-0.05, 0) is 26.5 Å². The minimum Gasteiger partial charge on any atom is -0.435 e. The van der Waals surface area contributed by atoms with Crippen LogP contribution >= 0.6 is 11.6 Å². The van der Waals surface area contributed by atoms with Gasteiger partial charge in [0.25, 0.3) is 0 Å². The van der Waals surface area contributed by atoms with Gasteiger partial charge >= 0.3 is 0 Å². The highest BCUT2D eigenvalue weighted by molar-refractivity contribution is 6.31. The minimum absolute atomic E-state index is 0.529. The van der Waals surface area contributed by atoms with Crippen LogP contribution in [0.2, 0.25) is 5.02 Å². The number of aryl methyl sites for hydroxylation is 2. The van der Waals surface area contributed by atoms with Gasteiger partial charge in [-0.2, -0.15) is 5.10 Å². The molecule has 0 spiro atoms. The highest BCUT2D eigenvalue weighted by Gasteiger charge is 2.13. The van der Waals surface area contributed by atoms with Crippen molar-refractivity contribution in [3.05, 3.63) is 34.2 Å². The van der Waals surface area contributed by atoms with E-state index in [1.807, 2.05) is 27.8 Å². The van der Waals surface area contributed by atoms with Crippen molar-refractivity contribution < 1.29 is 4.74 Å². The number of ether oxygens (including phenoxy) is 1. The first-order chi connectivity index (χ1) is 9.52. The largest absolute Gasteiger partial charge is 0.435 e. The Labute approximate surface area is 123 Å². The quantitative estimate of drug-likeness (QED) is 0.921. The van der Waals surface area contributed by atoms with E-state index in [0.29, 0.717) is 17.4 Å². The van der Waals surface area contributed by atoms with Crippen LogP contribution in [0.5, 0.6) is 11.6 Å². The second-order valence-corrected chi connectivity index (χ2v) is 4.99. The first-order valence-electron chi connectivity index (χ1n) is 6.57. The Balaban J connectivity index is 2.25. The molecular weight excluding hydrogens is 276 g/mol. The molecule has 0 aliphatic heterocycles. The van der Waals surface area contributed by atoms with Crippen molar-refractivity contribution >= 4 is 11.6 Å². The lowest BCUT2D eigenvalue weighted by Crippen LogP contribution is -2.13. The van der Waals surface area contributed by atoms with E-state index >= 15 is 0 Å². The van der Waals surface area contributed by atoms with E-state index in [1.54, 1.807) is 16.8 Å². The molecule has 0 saturated carbocycles. The highest BCUT2D eigenvalue weighted by atomic mass is 35.5. The lowest BCUT2D eigenvalue weighted by Gasteiger charge is -2.09. The van der Waals surface area contributed by atoms with Gasteiger partial charge in [0.1, 0.15) is 5.69 Å². The molecular formula is C14H19ClN4O. The topological polar surface area (TPSA) is 52.0 Å². The van der Waals surface area contributed by atoms with E-state index in [9.17, 15) is 0 Å². The van der Waals surface area contributed by atoms with Gasteiger partial charge in [0.15, 0.2) is 5.75 Å². The molecule has 2 aromatic rings. The SMILES string of the molecule is CCNCc1nc(Oc2c(C)nn(C)c2C)ccc1Cl. The van der Waals surface area contributed by atoms with Gasteiger partial charge in [-0.15, -0.1) is 0 Å². The third-order valence-corrected chi connectivity index (χ3v) is 3.43. The molecule has 2 heterocycles. The maximum atomic E-state index is 6.13. The number of rotatable bonds is 5. The number of hydrogen-bond acceptors (Lipinski definition) is 4. The lowest BCUT2D eigenvalue weighted by atomic mass is 10.3. The third kappa shape index (κ3) is 3.11. The monoisotopic (exact) mass is 294 g/mol. The molecule has 108 valence electrons. The Morgan fingerprint density at radius 3 is 2.70 bits per heavy atom. The Morgan fingerprint density at radius 2 is 2.10 bits per heavy atom. The maximum absolute atomic E-state index is 6.13. The smallest absolute Gasteiger partial charge is 0.219 e. The highest BCUT2D eigenvalue weighted by Crippen LogP contribution is 2.28. The number of hydrogen-bond donors (Lipinski definition) is 1. The van der Waals surface area contributed by atoms with E-state index in [1.165, 1.54) is 0 Å². The molecule has 0 bridgehead atoms. The number of pyridine rings is 1. The zero-order valence-electron chi connectivity index (χ0n) is 12.2. The van der Waals surface area contributed by atoms with Gasteiger partial charge in [0.05, 0.1) is 16.4 Å². The van der Waals surface area contributed by atoms with Crippen LogP contribution in [-0.2, 0) is 13.6 Å². The number of nitrogens with one attached hydrogen (secondary N) is 1. The zero-order valence-corrected chi connectivity index (χ0v) is 13.0. The van der Waals surface area contributed by atoms with Crippen LogP contribution in [0.3, 0.4) is 0 Å². The molecule has 0 atom stereocenters. The fourth-order valence-electron chi connectivity index (χ4n) is 1.89. The normalized spacial score (nSPS) is 10.8. The lowest BCUT2D eigenvalue weighted by molar-refractivity contribution is 0.452. The van der Waals surface area contributed by atoms with Gasteiger partial charge in [-0.25, -0.2) is 4.98 Å². The van der Waals surface area contributed by atoms with Crippen molar-refractivity contribution in [1.29, 1.82) is 0 Å². The predicted molar refractivity (Wildman–Crippen MR) is 79.4 cm³/mol. The fourth-order valence-corrected chi connectivity index (χ4v) is 2.07. The second kappa shape index (κ2) is 6.24. The molecule has 0 aliphatic rings. The maximum Gasteiger partial charge on any atom is 0.219 e. The van der Waals surface area contributed by atoms with Crippen molar-refractivity contribution in [3.63, 3.8) is 0 Å². The standard InChI is InChI=1S/C14H19ClN4O/c1-5-16-8-12-11(15)6-7-13(17-12)20-14-9(2)18-19(4)10(14)3/h6-7,16H,5,8H2,1-4H3. The van der Waals surface area contributed by atoms with Gasteiger partial charge < -0.3 is 10.1 Å². The van der Waals surface area contributed by atoms with E-state index in [-0.39, 0.29) is 0 Å². The summed E-state index contributed by atoms with van der Waals surface area (Å²) in [5, 5.41) is 8.16. The predicted octanol–water partition coefficient (Wildman–Crippen LogP) is 2.99. The van der Waals surface area contributed by atoms with Crippen LogP contribution < -0.4 is 10.1 Å². The van der Waals surface area contributed by atoms with Gasteiger partial charge in [0, 0.05) is 19.7 Å². The Bertz CT molecular complexity index is 609. The summed E-state index contributed by atoms with van der Waals surface area (Å²) in [5.74, 6) is 1.28. The Morgan fingerprint density at radius 1 is 1.35 bits per heavy atom. The van der Waals surface area contributed by atoms with Crippen LogP contribution in [0.15, 0.2) is 12.1 Å². The fraction of sp³-hybridized carbons (Fsp3) is 0.429. The van der Waals surface area contributed by atoms with E-state index < -0.39 is 0 Å². The van der Waals surface area contributed by atoms with E-state index in [0.717, 1.165) is 29.4 Å². The summed E-state index contributed by atoms with van der Waals surface area (Å²) < 4.78 is 7.65. The first-order valence-corrected chi connectivity index (χ1v) is 6.95. The second-order valence-electron chi connectivity index (χ2n) is 4.58.